The van der Waals surface area contributed by atoms with Crippen LogP contribution in [-0.2, 0) is 19.9 Å². The normalized spacial score (nSPS) is 12.9. The third-order valence-electron chi connectivity index (χ3n) is 4.73. The number of nitrogens with zero attached hydrogens (tertiary/aromatic N) is 3. The number of rotatable bonds is 8. The van der Waals surface area contributed by atoms with Crippen molar-refractivity contribution in [1.29, 1.82) is 0 Å². The summed E-state index contributed by atoms with van der Waals surface area (Å²) in [7, 11) is 1.99. The van der Waals surface area contributed by atoms with Crippen molar-refractivity contribution >= 4 is 5.96 Å². The van der Waals surface area contributed by atoms with Gasteiger partial charge in [0.1, 0.15) is 5.75 Å². The van der Waals surface area contributed by atoms with Crippen molar-refractivity contribution in [2.24, 2.45) is 12.0 Å². The fourth-order valence-corrected chi connectivity index (χ4v) is 3.16. The molecule has 0 amide bonds. The fraction of sp³-hybridized carbons (Fsp3) is 0.524. The largest absolute Gasteiger partial charge is 0.508 e. The minimum atomic E-state index is 0.265. The molecule has 0 spiro atoms. The van der Waals surface area contributed by atoms with E-state index in [2.05, 4.69) is 43.4 Å². The third kappa shape index (κ3) is 6.31. The second-order valence-corrected chi connectivity index (χ2v) is 7.05. The molecule has 0 aliphatic carbocycles. The zero-order chi connectivity index (χ0) is 19.8. The van der Waals surface area contributed by atoms with Gasteiger partial charge < -0.3 is 15.7 Å². The first-order valence-corrected chi connectivity index (χ1v) is 9.72. The van der Waals surface area contributed by atoms with Crippen molar-refractivity contribution in [2.45, 2.75) is 53.0 Å². The molecule has 2 aromatic rings. The molecule has 1 aromatic carbocycles. The maximum atomic E-state index is 9.34. The third-order valence-corrected chi connectivity index (χ3v) is 4.73. The van der Waals surface area contributed by atoms with E-state index in [1.807, 2.05) is 23.9 Å². The molecular formula is C21H33N5O. The Balaban J connectivity index is 1.87. The van der Waals surface area contributed by atoms with E-state index in [4.69, 9.17) is 4.99 Å². The van der Waals surface area contributed by atoms with Crippen LogP contribution in [0, 0.1) is 13.8 Å². The van der Waals surface area contributed by atoms with Gasteiger partial charge in [-0.15, -0.1) is 0 Å². The summed E-state index contributed by atoms with van der Waals surface area (Å²) in [5.74, 6) is 1.17. The predicted octanol–water partition coefficient (Wildman–Crippen LogP) is 2.86. The van der Waals surface area contributed by atoms with Crippen LogP contribution in [-0.4, -0.2) is 40.0 Å². The van der Waals surface area contributed by atoms with Crippen LogP contribution >= 0.6 is 0 Å². The second-order valence-electron chi connectivity index (χ2n) is 7.05. The van der Waals surface area contributed by atoms with Crippen LogP contribution in [0.15, 0.2) is 29.3 Å². The molecular weight excluding hydrogens is 338 g/mol. The van der Waals surface area contributed by atoms with Gasteiger partial charge in [-0.25, -0.2) is 0 Å². The lowest BCUT2D eigenvalue weighted by Crippen LogP contribution is -2.43. The molecule has 6 nitrogen and oxygen atoms in total. The van der Waals surface area contributed by atoms with Gasteiger partial charge in [0.15, 0.2) is 5.96 Å². The van der Waals surface area contributed by atoms with Crippen LogP contribution in [0.2, 0.25) is 0 Å². The Morgan fingerprint density at radius 1 is 1.26 bits per heavy atom. The SMILES string of the molecule is CCNC(=NCCCc1ccc(O)cc1)NC(C)Cc1c(C)nn(C)c1C. The molecule has 27 heavy (non-hydrogen) atoms. The van der Waals surface area contributed by atoms with Gasteiger partial charge >= 0.3 is 0 Å². The number of aryl methyl sites for hydroxylation is 3. The highest BCUT2D eigenvalue weighted by molar-refractivity contribution is 5.80. The van der Waals surface area contributed by atoms with Crippen molar-refractivity contribution < 1.29 is 5.11 Å². The monoisotopic (exact) mass is 371 g/mol. The summed E-state index contributed by atoms with van der Waals surface area (Å²) >= 11 is 0. The van der Waals surface area contributed by atoms with Crippen molar-refractivity contribution in [1.82, 2.24) is 20.4 Å². The van der Waals surface area contributed by atoms with Gasteiger partial charge in [0.05, 0.1) is 5.69 Å². The highest BCUT2D eigenvalue weighted by Gasteiger charge is 2.13. The highest BCUT2D eigenvalue weighted by Crippen LogP contribution is 2.14. The molecule has 0 bridgehead atoms. The molecule has 0 saturated heterocycles. The molecule has 1 aromatic heterocycles. The van der Waals surface area contributed by atoms with Crippen LogP contribution in [0.25, 0.3) is 0 Å². The van der Waals surface area contributed by atoms with Crippen molar-refractivity contribution in [3.63, 3.8) is 0 Å². The lowest BCUT2D eigenvalue weighted by Gasteiger charge is -2.18. The van der Waals surface area contributed by atoms with Crippen molar-refractivity contribution in [2.75, 3.05) is 13.1 Å². The summed E-state index contributed by atoms with van der Waals surface area (Å²) < 4.78 is 1.94. The van der Waals surface area contributed by atoms with Crippen LogP contribution in [0.4, 0.5) is 0 Å². The van der Waals surface area contributed by atoms with Gasteiger partial charge in [0.2, 0.25) is 0 Å². The lowest BCUT2D eigenvalue weighted by atomic mass is 10.1. The van der Waals surface area contributed by atoms with Gasteiger partial charge in [-0.3, -0.25) is 9.67 Å². The molecule has 2 rings (SSSR count). The minimum Gasteiger partial charge on any atom is -0.508 e. The van der Waals surface area contributed by atoms with Crippen LogP contribution in [0.5, 0.6) is 5.75 Å². The second kappa shape index (κ2) is 10.00. The van der Waals surface area contributed by atoms with E-state index in [0.29, 0.717) is 5.75 Å². The number of aromatic hydroxyl groups is 1. The lowest BCUT2D eigenvalue weighted by molar-refractivity contribution is 0.475. The quantitative estimate of drug-likeness (QED) is 0.379. The maximum Gasteiger partial charge on any atom is 0.191 e. The first-order chi connectivity index (χ1) is 12.9. The van der Waals surface area contributed by atoms with Crippen LogP contribution in [0.1, 0.15) is 42.8 Å². The Morgan fingerprint density at radius 2 is 1.96 bits per heavy atom. The number of hydrogen-bond acceptors (Lipinski definition) is 3. The summed E-state index contributed by atoms with van der Waals surface area (Å²) in [5, 5.41) is 20.7. The molecule has 0 radical (unpaired) electrons. The fourth-order valence-electron chi connectivity index (χ4n) is 3.16. The first kappa shape index (κ1) is 20.8. The molecule has 1 atom stereocenters. The minimum absolute atomic E-state index is 0.265. The van der Waals surface area contributed by atoms with E-state index in [0.717, 1.165) is 44.0 Å². The van der Waals surface area contributed by atoms with E-state index in [-0.39, 0.29) is 6.04 Å². The number of phenolic OH excluding ortho intramolecular Hbond substituents is 1. The number of hydrogen-bond donors (Lipinski definition) is 3. The molecule has 0 aliphatic heterocycles. The van der Waals surface area contributed by atoms with Gasteiger partial charge in [0, 0.05) is 31.9 Å². The van der Waals surface area contributed by atoms with E-state index in [1.54, 1.807) is 12.1 Å². The maximum absolute atomic E-state index is 9.34. The topological polar surface area (TPSA) is 74.5 Å². The van der Waals surface area contributed by atoms with Crippen molar-refractivity contribution in [3.8, 4) is 5.75 Å². The zero-order valence-corrected chi connectivity index (χ0v) is 17.2. The number of aliphatic imine (C=N–C) groups is 1. The summed E-state index contributed by atoms with van der Waals surface area (Å²) in [6, 6.07) is 7.65. The van der Waals surface area contributed by atoms with E-state index in [1.165, 1.54) is 16.8 Å². The van der Waals surface area contributed by atoms with Crippen molar-refractivity contribution in [3.05, 3.63) is 46.8 Å². The Bertz CT molecular complexity index is 749. The van der Waals surface area contributed by atoms with E-state index < -0.39 is 0 Å². The molecule has 6 heteroatoms. The Hall–Kier alpha value is -2.50. The molecule has 0 fully saturated rings. The standard InChI is InChI=1S/C21H33N5O/c1-6-22-21(23-13-7-8-18-9-11-19(27)12-10-18)24-15(2)14-20-16(3)25-26(5)17(20)4/h9-12,15,27H,6-8,13-14H2,1-5H3,(H2,22,23,24). The average molecular weight is 372 g/mol. The summed E-state index contributed by atoms with van der Waals surface area (Å²) in [4.78, 5) is 4.70. The Kier molecular flexibility index (Phi) is 7.70. The molecule has 1 heterocycles. The van der Waals surface area contributed by atoms with Gasteiger partial charge in [-0.1, -0.05) is 12.1 Å². The molecule has 148 valence electrons. The number of phenols is 1. The smallest absolute Gasteiger partial charge is 0.191 e. The Morgan fingerprint density at radius 3 is 2.56 bits per heavy atom. The number of guanidine groups is 1. The molecule has 3 N–H and O–H groups in total. The van der Waals surface area contributed by atoms with E-state index >= 15 is 0 Å². The highest BCUT2D eigenvalue weighted by atomic mass is 16.3. The molecule has 1 unspecified atom stereocenters. The zero-order valence-electron chi connectivity index (χ0n) is 17.2. The van der Waals surface area contributed by atoms with E-state index in [9.17, 15) is 5.11 Å². The summed E-state index contributed by atoms with van der Waals surface area (Å²) in [5.41, 5.74) is 4.84. The summed E-state index contributed by atoms with van der Waals surface area (Å²) in [6.45, 7) is 10.0. The Labute approximate surface area is 162 Å². The number of benzene rings is 1. The first-order valence-electron chi connectivity index (χ1n) is 9.72. The predicted molar refractivity (Wildman–Crippen MR) is 111 cm³/mol. The van der Waals surface area contributed by atoms with Crippen LogP contribution < -0.4 is 10.6 Å². The summed E-state index contributed by atoms with van der Waals surface area (Å²) in [6.07, 6.45) is 2.84. The molecule has 0 saturated carbocycles. The number of nitrogens with one attached hydrogen (secondary N) is 2. The van der Waals surface area contributed by atoms with Gasteiger partial charge in [-0.2, -0.15) is 5.10 Å². The van der Waals surface area contributed by atoms with Gasteiger partial charge in [-0.05, 0) is 70.2 Å². The van der Waals surface area contributed by atoms with Gasteiger partial charge in [0.25, 0.3) is 0 Å². The number of aromatic nitrogens is 2. The average Bonchev–Trinajstić information content (AvgIpc) is 2.86. The van der Waals surface area contributed by atoms with Crippen LogP contribution in [0.3, 0.4) is 0 Å². The molecule has 0 aliphatic rings.